The number of carbonyl (C=O) groups excluding carboxylic acids is 6. The van der Waals surface area contributed by atoms with Crippen molar-refractivity contribution in [1.29, 1.82) is 0 Å². The maximum atomic E-state index is 12.7. The monoisotopic (exact) mass is 459 g/mol. The Morgan fingerprint density at radius 2 is 1.06 bits per heavy atom. The normalized spacial score (nSPS) is 13.2. The Hall–Kier alpha value is -3.75. The largest absolute Gasteiger partial charge is 0.480 e. The van der Waals surface area contributed by atoms with E-state index in [9.17, 15) is 33.6 Å². The molecule has 3 unspecified atom stereocenters. The van der Waals surface area contributed by atoms with E-state index in [1.807, 2.05) is 0 Å². The molecule has 0 saturated heterocycles. The van der Waals surface area contributed by atoms with Crippen LogP contribution in [0.4, 0.5) is 0 Å². The summed E-state index contributed by atoms with van der Waals surface area (Å²) >= 11 is 0. The molecule has 0 aromatic carbocycles. The summed E-state index contributed by atoms with van der Waals surface area (Å²) < 4.78 is 0. The first-order valence-electron chi connectivity index (χ1n) is 9.54. The van der Waals surface area contributed by atoms with E-state index >= 15 is 0 Å². The van der Waals surface area contributed by atoms with Crippen LogP contribution in [-0.2, 0) is 33.6 Å². The molecule has 15 heteroatoms. The number of carbonyl (C=O) groups is 7. The van der Waals surface area contributed by atoms with E-state index < -0.39 is 66.1 Å². The average molecular weight is 459 g/mol. The summed E-state index contributed by atoms with van der Waals surface area (Å²) in [4.78, 5) is 80.7. The highest BCUT2D eigenvalue weighted by Gasteiger charge is 2.28. The maximum Gasteiger partial charge on any atom is 0.322 e. The van der Waals surface area contributed by atoms with Gasteiger partial charge in [-0.25, -0.2) is 0 Å². The van der Waals surface area contributed by atoms with Crippen LogP contribution in [0, 0.1) is 0 Å². The summed E-state index contributed by atoms with van der Waals surface area (Å²) in [6.45, 7) is -0.738. The fourth-order valence-corrected chi connectivity index (χ4v) is 2.38. The zero-order valence-corrected chi connectivity index (χ0v) is 17.3. The minimum atomic E-state index is -1.36. The van der Waals surface area contributed by atoms with Crippen molar-refractivity contribution in [1.82, 2.24) is 16.0 Å². The number of aliphatic carboxylic acids is 1. The van der Waals surface area contributed by atoms with E-state index in [2.05, 4.69) is 16.0 Å². The third-order valence-electron chi connectivity index (χ3n) is 4.08. The maximum absolute atomic E-state index is 12.7. The van der Waals surface area contributed by atoms with Gasteiger partial charge in [0.2, 0.25) is 35.4 Å². The molecule has 0 aliphatic rings. The van der Waals surface area contributed by atoms with Crippen molar-refractivity contribution in [3.63, 3.8) is 0 Å². The highest BCUT2D eigenvalue weighted by atomic mass is 16.4. The van der Waals surface area contributed by atoms with Crippen LogP contribution < -0.4 is 38.9 Å². The predicted molar refractivity (Wildman–Crippen MR) is 108 cm³/mol. The SMILES string of the molecule is NC(=O)CCC(N)C(=O)NC(CCC(N)=O)C(=O)NC(CCC(N)=O)C(=O)NCC(=O)O. The van der Waals surface area contributed by atoms with Gasteiger partial charge in [-0.1, -0.05) is 0 Å². The molecule has 15 nitrogen and oxygen atoms in total. The molecule has 0 bridgehead atoms. The lowest BCUT2D eigenvalue weighted by atomic mass is 10.1. The Morgan fingerprint density at radius 1 is 0.656 bits per heavy atom. The van der Waals surface area contributed by atoms with Crippen molar-refractivity contribution in [2.24, 2.45) is 22.9 Å². The Balaban J connectivity index is 5.34. The highest BCUT2D eigenvalue weighted by molar-refractivity contribution is 5.94. The van der Waals surface area contributed by atoms with Crippen LogP contribution in [-0.4, -0.2) is 71.2 Å². The average Bonchev–Trinajstić information content (AvgIpc) is 2.69. The molecule has 3 atom stereocenters. The van der Waals surface area contributed by atoms with E-state index in [-0.39, 0.29) is 38.5 Å². The third-order valence-corrected chi connectivity index (χ3v) is 4.08. The van der Waals surface area contributed by atoms with Gasteiger partial charge >= 0.3 is 5.97 Å². The van der Waals surface area contributed by atoms with Gasteiger partial charge in [0.05, 0.1) is 6.04 Å². The van der Waals surface area contributed by atoms with Gasteiger partial charge in [0, 0.05) is 19.3 Å². The van der Waals surface area contributed by atoms with Gasteiger partial charge < -0.3 is 44.0 Å². The topological polar surface area (TPSA) is 280 Å². The Morgan fingerprint density at radius 3 is 1.50 bits per heavy atom. The van der Waals surface area contributed by atoms with Crippen molar-refractivity contribution >= 4 is 41.4 Å². The standard InChI is InChI=1S/C17H29N7O8/c18-8(1-4-11(19)25)15(30)23-10(3-6-13(21)27)17(32)24-9(2-5-12(20)26)16(31)22-7-14(28)29/h8-10H,1-7,18H2,(H2,19,25)(H2,20,26)(H2,21,27)(H,22,31)(H,23,30)(H,24,32)(H,28,29). The number of carboxylic acid groups (broad SMARTS) is 1. The third kappa shape index (κ3) is 12.7. The first kappa shape index (κ1) is 28.2. The van der Waals surface area contributed by atoms with Crippen LogP contribution in [0.25, 0.3) is 0 Å². The summed E-state index contributed by atoms with van der Waals surface area (Å²) in [5, 5.41) is 15.3. The Labute approximate surface area is 183 Å². The Bertz CT molecular complexity index is 742. The summed E-state index contributed by atoms with van der Waals surface area (Å²) in [5.74, 6) is -6.19. The predicted octanol–water partition coefficient (Wildman–Crippen LogP) is -4.72. The molecule has 0 aromatic heterocycles. The van der Waals surface area contributed by atoms with Crippen LogP contribution in [0.3, 0.4) is 0 Å². The zero-order chi connectivity index (χ0) is 24.8. The molecule has 0 rings (SSSR count). The quantitative estimate of drug-likeness (QED) is 0.110. The van der Waals surface area contributed by atoms with Gasteiger partial charge in [0.15, 0.2) is 0 Å². The molecule has 0 aliphatic heterocycles. The van der Waals surface area contributed by atoms with Gasteiger partial charge in [-0.05, 0) is 19.3 Å². The van der Waals surface area contributed by atoms with Crippen LogP contribution in [0.15, 0.2) is 0 Å². The van der Waals surface area contributed by atoms with E-state index in [0.717, 1.165) is 0 Å². The van der Waals surface area contributed by atoms with Crippen LogP contribution in [0.2, 0.25) is 0 Å². The Kier molecular flexibility index (Phi) is 12.6. The van der Waals surface area contributed by atoms with Gasteiger partial charge in [-0.2, -0.15) is 0 Å². The summed E-state index contributed by atoms with van der Waals surface area (Å²) in [5.41, 5.74) is 20.8. The smallest absolute Gasteiger partial charge is 0.322 e. The minimum Gasteiger partial charge on any atom is -0.480 e. The van der Waals surface area contributed by atoms with Crippen LogP contribution >= 0.6 is 0 Å². The molecule has 0 spiro atoms. The molecule has 32 heavy (non-hydrogen) atoms. The fourth-order valence-electron chi connectivity index (χ4n) is 2.38. The molecule has 0 heterocycles. The summed E-state index contributed by atoms with van der Waals surface area (Å²) in [6, 6.07) is -3.89. The van der Waals surface area contributed by atoms with Crippen molar-refractivity contribution < 1.29 is 38.7 Å². The molecule has 0 aromatic rings. The highest BCUT2D eigenvalue weighted by Crippen LogP contribution is 2.04. The lowest BCUT2D eigenvalue weighted by Crippen LogP contribution is -2.56. The van der Waals surface area contributed by atoms with Gasteiger partial charge in [0.25, 0.3) is 0 Å². The number of nitrogens with one attached hydrogen (secondary N) is 3. The number of nitrogens with two attached hydrogens (primary N) is 4. The minimum absolute atomic E-state index is 0.0931. The van der Waals surface area contributed by atoms with Crippen LogP contribution in [0.5, 0.6) is 0 Å². The summed E-state index contributed by atoms with van der Waals surface area (Å²) in [7, 11) is 0. The number of amides is 6. The van der Waals surface area contributed by atoms with E-state index in [0.29, 0.717) is 0 Å². The second-order valence-corrected chi connectivity index (χ2v) is 6.86. The molecule has 0 aliphatic carbocycles. The molecule has 180 valence electrons. The van der Waals surface area contributed by atoms with E-state index in [1.54, 1.807) is 0 Å². The zero-order valence-electron chi connectivity index (χ0n) is 17.3. The molecule has 0 saturated carbocycles. The molecular weight excluding hydrogens is 430 g/mol. The second kappa shape index (κ2) is 14.3. The van der Waals surface area contributed by atoms with E-state index in [4.69, 9.17) is 28.0 Å². The fraction of sp³-hybridized carbons (Fsp3) is 0.588. The van der Waals surface area contributed by atoms with Gasteiger partial charge in [-0.15, -0.1) is 0 Å². The summed E-state index contributed by atoms with van der Waals surface area (Å²) in [6.07, 6.45) is -1.36. The number of rotatable bonds is 16. The molecule has 6 amide bonds. The van der Waals surface area contributed by atoms with Crippen molar-refractivity contribution in [2.75, 3.05) is 6.54 Å². The van der Waals surface area contributed by atoms with Gasteiger partial charge in [0.1, 0.15) is 18.6 Å². The number of primary amides is 3. The van der Waals surface area contributed by atoms with Crippen molar-refractivity contribution in [3.8, 4) is 0 Å². The number of hydrogen-bond acceptors (Lipinski definition) is 8. The van der Waals surface area contributed by atoms with Crippen molar-refractivity contribution in [3.05, 3.63) is 0 Å². The second-order valence-electron chi connectivity index (χ2n) is 6.86. The molecule has 0 radical (unpaired) electrons. The lowest BCUT2D eigenvalue weighted by molar-refractivity contribution is -0.138. The molecular formula is C17H29N7O8. The molecule has 0 fully saturated rings. The van der Waals surface area contributed by atoms with Crippen LogP contribution in [0.1, 0.15) is 38.5 Å². The molecule has 12 N–H and O–H groups in total. The first-order valence-corrected chi connectivity index (χ1v) is 9.54. The lowest BCUT2D eigenvalue weighted by Gasteiger charge is -2.23. The number of hydrogen-bond donors (Lipinski definition) is 8. The number of carboxylic acids is 1. The van der Waals surface area contributed by atoms with Crippen molar-refractivity contribution in [2.45, 2.75) is 56.7 Å². The van der Waals surface area contributed by atoms with Gasteiger partial charge in [-0.3, -0.25) is 33.6 Å². The van der Waals surface area contributed by atoms with E-state index in [1.165, 1.54) is 0 Å². The first-order chi connectivity index (χ1) is 14.8.